The smallest absolute Gasteiger partial charge is 0.290 e. The van der Waals surface area contributed by atoms with Crippen molar-refractivity contribution >= 4 is 18.3 Å². The lowest BCUT2D eigenvalue weighted by Gasteiger charge is -2.27. The van der Waals surface area contributed by atoms with Gasteiger partial charge in [0, 0.05) is 0 Å². The Morgan fingerprint density at radius 3 is 1.32 bits per heavy atom. The van der Waals surface area contributed by atoms with Crippen molar-refractivity contribution in [1.29, 1.82) is 0 Å². The molecule has 0 spiro atoms. The molecule has 0 amide bonds. The Bertz CT molecular complexity index is 568. The molecule has 2 aromatic rings. The Hall–Kier alpha value is -1.24. The van der Waals surface area contributed by atoms with E-state index in [-0.39, 0.29) is 5.16 Å². The Morgan fingerprint density at radius 2 is 1.05 bits per heavy atom. The maximum Gasteiger partial charge on any atom is 0.464 e. The van der Waals surface area contributed by atoms with Gasteiger partial charge in [-0.3, -0.25) is 9.05 Å². The standard InChI is InChI=1S/C18H23ClO2P/c1-14-6-10-16(11-7-14)20-22(19,18(3,4)5)21-17-12-8-15(2)9-13-17/h6-13H,1-5H3/q+1. The molecule has 0 aliphatic heterocycles. The predicted molar refractivity (Wildman–Crippen MR) is 96.1 cm³/mol. The number of hydrogen-bond acceptors (Lipinski definition) is 2. The van der Waals surface area contributed by atoms with Crippen LogP contribution in [0.3, 0.4) is 0 Å². The van der Waals surface area contributed by atoms with Crippen molar-refractivity contribution in [1.82, 2.24) is 0 Å². The zero-order valence-electron chi connectivity index (χ0n) is 13.8. The van der Waals surface area contributed by atoms with Gasteiger partial charge in [0.1, 0.15) is 0 Å². The van der Waals surface area contributed by atoms with Crippen molar-refractivity contribution in [2.45, 2.75) is 39.8 Å². The largest absolute Gasteiger partial charge is 0.464 e. The molecule has 4 heteroatoms. The first-order valence-electron chi connectivity index (χ1n) is 7.31. The molecule has 0 saturated heterocycles. The molecule has 0 saturated carbocycles. The minimum Gasteiger partial charge on any atom is -0.290 e. The molecule has 2 nitrogen and oxygen atoms in total. The van der Waals surface area contributed by atoms with Gasteiger partial charge in [0.2, 0.25) is 0 Å². The zero-order valence-corrected chi connectivity index (χ0v) is 15.4. The third-order valence-corrected chi connectivity index (χ3v) is 7.72. The number of benzene rings is 2. The molecular formula is C18H23ClO2P+. The van der Waals surface area contributed by atoms with Crippen LogP contribution in [0.15, 0.2) is 48.5 Å². The lowest BCUT2D eigenvalue weighted by atomic mass is 10.2. The van der Waals surface area contributed by atoms with E-state index in [1.54, 1.807) is 0 Å². The molecule has 0 unspecified atom stereocenters. The molecule has 0 heterocycles. The summed E-state index contributed by atoms with van der Waals surface area (Å²) in [5.41, 5.74) is 2.36. The fraction of sp³-hybridized carbons (Fsp3) is 0.333. The molecular weight excluding hydrogens is 315 g/mol. The van der Waals surface area contributed by atoms with E-state index in [2.05, 4.69) is 0 Å². The van der Waals surface area contributed by atoms with Crippen molar-refractivity contribution in [2.75, 3.05) is 0 Å². The van der Waals surface area contributed by atoms with Crippen LogP contribution in [-0.2, 0) is 0 Å². The SMILES string of the molecule is Cc1ccc(O[P+](Cl)(Oc2ccc(C)cc2)C(C)(C)C)cc1. The van der Waals surface area contributed by atoms with Gasteiger partial charge >= 0.3 is 7.07 Å². The van der Waals surface area contributed by atoms with Crippen LogP contribution in [0.5, 0.6) is 11.5 Å². The first-order chi connectivity index (χ1) is 10.2. The number of hydrogen-bond donors (Lipinski definition) is 0. The lowest BCUT2D eigenvalue weighted by molar-refractivity contribution is 0.445. The Morgan fingerprint density at radius 1 is 0.727 bits per heavy atom. The fourth-order valence-corrected chi connectivity index (χ4v) is 3.61. The molecule has 0 aliphatic rings. The van der Waals surface area contributed by atoms with Gasteiger partial charge in [-0.15, -0.1) is 0 Å². The number of rotatable bonds is 4. The molecule has 0 fully saturated rings. The minimum atomic E-state index is -2.65. The summed E-state index contributed by atoms with van der Waals surface area (Å²) in [6.45, 7) is 10.2. The molecule has 0 N–H and O–H groups in total. The van der Waals surface area contributed by atoms with Crippen LogP contribution in [0.25, 0.3) is 0 Å². The van der Waals surface area contributed by atoms with Gasteiger partial charge in [0.05, 0.1) is 0 Å². The Balaban J connectivity index is 2.27. The molecule has 0 aromatic heterocycles. The Labute approximate surface area is 138 Å². The summed E-state index contributed by atoms with van der Waals surface area (Å²) in [7, 11) is -2.65. The molecule has 0 radical (unpaired) electrons. The van der Waals surface area contributed by atoms with E-state index in [0.717, 1.165) is 11.5 Å². The second-order valence-electron chi connectivity index (χ2n) is 6.46. The van der Waals surface area contributed by atoms with Gasteiger partial charge in [-0.2, -0.15) is 0 Å². The lowest BCUT2D eigenvalue weighted by Crippen LogP contribution is -2.24. The molecule has 2 rings (SSSR count). The van der Waals surface area contributed by atoms with E-state index in [0.29, 0.717) is 0 Å². The normalized spacial score (nSPS) is 12.1. The summed E-state index contributed by atoms with van der Waals surface area (Å²) in [6, 6.07) is 15.7. The third-order valence-electron chi connectivity index (χ3n) is 3.29. The van der Waals surface area contributed by atoms with Crippen molar-refractivity contribution in [3.8, 4) is 11.5 Å². The quantitative estimate of drug-likeness (QED) is 0.588. The molecule has 0 aliphatic carbocycles. The first kappa shape index (κ1) is 17.1. The van der Waals surface area contributed by atoms with Crippen LogP contribution in [-0.4, -0.2) is 5.16 Å². The van der Waals surface area contributed by atoms with E-state index in [1.807, 2.05) is 83.1 Å². The van der Waals surface area contributed by atoms with E-state index < -0.39 is 7.07 Å². The van der Waals surface area contributed by atoms with Crippen molar-refractivity contribution in [3.05, 3.63) is 59.7 Å². The van der Waals surface area contributed by atoms with Crippen molar-refractivity contribution in [2.24, 2.45) is 0 Å². The Kier molecular flexibility index (Phi) is 5.04. The van der Waals surface area contributed by atoms with Gasteiger partial charge < -0.3 is 0 Å². The van der Waals surface area contributed by atoms with E-state index >= 15 is 0 Å². The monoisotopic (exact) mass is 337 g/mol. The molecule has 118 valence electrons. The molecule has 2 aromatic carbocycles. The van der Waals surface area contributed by atoms with Crippen LogP contribution in [0.1, 0.15) is 31.9 Å². The summed E-state index contributed by atoms with van der Waals surface area (Å²) < 4.78 is 12.2. The van der Waals surface area contributed by atoms with E-state index in [9.17, 15) is 0 Å². The average Bonchev–Trinajstić information content (AvgIpc) is 2.43. The van der Waals surface area contributed by atoms with E-state index in [1.165, 1.54) is 11.1 Å². The summed E-state index contributed by atoms with van der Waals surface area (Å²) in [5.74, 6) is 1.46. The second-order valence-corrected chi connectivity index (χ2v) is 10.5. The minimum absolute atomic E-state index is 0.315. The van der Waals surface area contributed by atoms with E-state index in [4.69, 9.17) is 20.3 Å². The summed E-state index contributed by atoms with van der Waals surface area (Å²) in [5, 5.41) is -0.315. The molecule has 0 bridgehead atoms. The van der Waals surface area contributed by atoms with Crippen LogP contribution < -0.4 is 9.05 Å². The van der Waals surface area contributed by atoms with Gasteiger partial charge in [-0.1, -0.05) is 35.4 Å². The van der Waals surface area contributed by atoms with Gasteiger partial charge in [-0.25, -0.2) is 0 Å². The van der Waals surface area contributed by atoms with Crippen LogP contribution in [0.2, 0.25) is 0 Å². The topological polar surface area (TPSA) is 18.5 Å². The predicted octanol–water partition coefficient (Wildman–Crippen LogP) is 6.56. The maximum atomic E-state index is 6.83. The average molecular weight is 338 g/mol. The molecule has 0 atom stereocenters. The zero-order chi connectivity index (χ0) is 16.4. The fourth-order valence-electron chi connectivity index (χ4n) is 1.76. The highest BCUT2D eigenvalue weighted by Crippen LogP contribution is 2.73. The summed E-state index contributed by atoms with van der Waals surface area (Å²) in [6.07, 6.45) is 0. The van der Waals surface area contributed by atoms with Gasteiger partial charge in [0.15, 0.2) is 27.9 Å². The highest BCUT2D eigenvalue weighted by atomic mass is 35.7. The van der Waals surface area contributed by atoms with Crippen LogP contribution >= 0.6 is 18.3 Å². The maximum absolute atomic E-state index is 6.83. The highest BCUT2D eigenvalue weighted by molar-refractivity contribution is 7.93. The van der Waals surface area contributed by atoms with Gasteiger partial charge in [-0.05, 0) is 58.9 Å². The summed E-state index contributed by atoms with van der Waals surface area (Å²) in [4.78, 5) is 0. The second kappa shape index (κ2) is 6.48. The van der Waals surface area contributed by atoms with Crippen molar-refractivity contribution in [3.63, 3.8) is 0 Å². The number of aryl methyl sites for hydroxylation is 2. The van der Waals surface area contributed by atoms with Crippen LogP contribution in [0.4, 0.5) is 0 Å². The van der Waals surface area contributed by atoms with Crippen LogP contribution in [0, 0.1) is 13.8 Å². The third kappa shape index (κ3) is 4.15. The van der Waals surface area contributed by atoms with Crippen molar-refractivity contribution < 1.29 is 9.05 Å². The van der Waals surface area contributed by atoms with Gasteiger partial charge in [0.25, 0.3) is 0 Å². The summed E-state index contributed by atoms with van der Waals surface area (Å²) >= 11 is 6.83. The molecule has 22 heavy (non-hydrogen) atoms. The highest BCUT2D eigenvalue weighted by Gasteiger charge is 2.57. The number of halogens is 1. The first-order valence-corrected chi connectivity index (χ1v) is 9.84.